The van der Waals surface area contributed by atoms with E-state index in [1.54, 1.807) is 0 Å². The molecule has 72 valence electrons. The molecule has 0 heterocycles. The van der Waals surface area contributed by atoms with Crippen LogP contribution in [0.3, 0.4) is 0 Å². The third kappa shape index (κ3) is 37.8. The van der Waals surface area contributed by atoms with E-state index in [2.05, 4.69) is 6.43 Å². The second kappa shape index (κ2) is 19.8. The van der Waals surface area contributed by atoms with Crippen molar-refractivity contribution < 1.29 is 141 Å². The molecule has 0 bridgehead atoms. The molecule has 8 nitrogen and oxygen atoms in total. The first-order chi connectivity index (χ1) is 4.54. The van der Waals surface area contributed by atoms with Crippen LogP contribution in [0.2, 0.25) is 0 Å². The maximum Gasteiger partial charge on any atom is 3.00 e. The first-order valence-corrected chi connectivity index (χ1v) is 6.54. The molecule has 0 aromatic carbocycles. The second-order valence-corrected chi connectivity index (χ2v) is 3.38. The van der Waals surface area contributed by atoms with Crippen molar-refractivity contribution in [3.8, 4) is 0 Å². The summed E-state index contributed by atoms with van der Waals surface area (Å²) < 4.78 is 40.9. The van der Waals surface area contributed by atoms with Gasteiger partial charge in [0.25, 0.3) is 0 Å². The maximum atomic E-state index is 8.96. The van der Waals surface area contributed by atoms with Crippen LogP contribution in [0.4, 0.5) is 0 Å². The molecule has 0 radical (unpaired) electrons. The van der Waals surface area contributed by atoms with Gasteiger partial charge in [0.2, 0.25) is 0 Å². The Hall–Kier alpha value is 3.30. The van der Waals surface area contributed by atoms with E-state index in [0.717, 1.165) is 0 Å². The van der Waals surface area contributed by atoms with Gasteiger partial charge in [-0.1, -0.05) is 6.43 Å². The van der Waals surface area contributed by atoms with E-state index < -0.39 is 42.1 Å². The van der Waals surface area contributed by atoms with Crippen LogP contribution in [0.1, 0.15) is 0 Å². The minimum atomic E-state index is -3.84. The van der Waals surface area contributed by atoms with Crippen molar-refractivity contribution in [3.63, 3.8) is 0 Å². The minimum absolute atomic E-state index is 0. The van der Waals surface area contributed by atoms with E-state index in [0.29, 0.717) is 0 Å². The van der Waals surface area contributed by atoms with Gasteiger partial charge in [-0.15, -0.1) is 0 Å². The smallest absolute Gasteiger partial charge is 0.639 e. The minimum Gasteiger partial charge on any atom is -0.639 e. The van der Waals surface area contributed by atoms with Crippen LogP contribution in [-0.4, -0.2) is 0 Å². The van der Waals surface area contributed by atoms with Crippen LogP contribution in [0.15, 0.2) is 0 Å². The summed E-state index contributed by atoms with van der Waals surface area (Å²) in [4.78, 5) is 0. The van der Waals surface area contributed by atoms with Crippen molar-refractivity contribution in [2.24, 2.45) is 0 Å². The number of rotatable bonds is 2. The molecule has 0 spiro atoms. The molecule has 0 atom stereocenters. The fourth-order valence-corrected chi connectivity index (χ4v) is 0. The molecule has 0 unspecified atom stereocenters. The number of halogens is 2. The molecular weight excluding hydrogens is 484 g/mol. The van der Waals surface area contributed by atoms with Gasteiger partial charge in [0.1, 0.15) is 0 Å². The Labute approximate surface area is 138 Å². The van der Waals surface area contributed by atoms with Crippen molar-refractivity contribution in [2.75, 3.05) is 0 Å². The molecule has 0 N–H and O–H groups in total. The van der Waals surface area contributed by atoms with E-state index in [-0.39, 0.29) is 68.5 Å². The molecule has 0 aromatic heterocycles. The molecule has 0 saturated heterocycles. The average molecular weight is 484 g/mol. The summed E-state index contributed by atoms with van der Waals surface area (Å²) in [6, 6.07) is 0. The van der Waals surface area contributed by atoms with Gasteiger partial charge in [0.15, 0.2) is 0 Å². The first kappa shape index (κ1) is 24.5. The van der Waals surface area contributed by atoms with Gasteiger partial charge in [-0.05, 0) is 0 Å². The summed E-state index contributed by atoms with van der Waals surface area (Å²) in [6.07, 6.45) is 0. The Kier molecular flexibility index (Phi) is 40.4. The topological polar surface area (TPSA) is 157 Å². The summed E-state index contributed by atoms with van der Waals surface area (Å²) in [7, 11) is 0. The molecule has 0 fully saturated rings. The van der Waals surface area contributed by atoms with Gasteiger partial charge in [-0.2, -0.15) is 0 Å². The van der Waals surface area contributed by atoms with Crippen LogP contribution in [0.25, 0.3) is 0 Å². The number of hydrogen-bond acceptors (Lipinski definition) is 8. The van der Waals surface area contributed by atoms with E-state index in [1.165, 1.54) is 0 Å². The summed E-state index contributed by atoms with van der Waals surface area (Å²) in [5, 5.41) is 17.1. The molecule has 0 aliphatic heterocycles. The summed E-state index contributed by atoms with van der Waals surface area (Å²) >= 11 is -7.68. The fraction of sp³-hybridized carbons (Fsp3) is 0. The number of hydrogen-bond donors (Lipinski definition) is 0. The van der Waals surface area contributed by atoms with Crippen LogP contribution in [-0.2, 0) is 23.5 Å². The zero-order chi connectivity index (χ0) is 8.57. The Balaban J connectivity index is -0.0000000457. The van der Waals surface area contributed by atoms with Gasteiger partial charge in [0, 0.05) is 0 Å². The van der Waals surface area contributed by atoms with Crippen LogP contribution < -0.4 is 118 Å². The van der Waals surface area contributed by atoms with Gasteiger partial charge < -0.3 is 24.3 Å². The summed E-state index contributed by atoms with van der Waals surface area (Å²) in [6.45, 7) is 0. The molecule has 12 heavy (non-hydrogen) atoms. The van der Waals surface area contributed by atoms with Gasteiger partial charge >= 0.3 is 111 Å². The first-order valence-electron chi connectivity index (χ1n) is 1.26. The summed E-state index contributed by atoms with van der Waals surface area (Å²) in [5.41, 5.74) is 0. The molecule has 0 saturated carbocycles. The van der Waals surface area contributed by atoms with E-state index >= 15 is 0 Å². The van der Waals surface area contributed by atoms with Crippen molar-refractivity contribution in [1.82, 2.24) is 0 Å². The molecule has 0 amide bonds. The normalized spacial score (nSPS) is 8.00. The second-order valence-electron chi connectivity index (χ2n) is 0.504. The Morgan fingerprint density at radius 3 is 0.833 bits per heavy atom. The SMILES string of the molecule is [Cu+3].[K+].[O-]O[I+2]([O-])[O-].[O-]O[I+2]([O-])[O-]. The molecule has 0 rings (SSSR count). The van der Waals surface area contributed by atoms with Crippen LogP contribution in [0.5, 0.6) is 0 Å². The quantitative estimate of drug-likeness (QED) is 0.162. The van der Waals surface area contributed by atoms with Crippen molar-refractivity contribution in [1.29, 1.82) is 0 Å². The summed E-state index contributed by atoms with van der Waals surface area (Å²) in [5.74, 6) is 0. The van der Waals surface area contributed by atoms with Crippen LogP contribution >= 0.6 is 0 Å². The molecule has 0 aliphatic rings. The van der Waals surface area contributed by atoms with E-state index in [1.807, 2.05) is 0 Å². The monoisotopic (exact) mass is 484 g/mol. The third-order valence-electron chi connectivity index (χ3n) is 0.103. The Bertz CT molecular complexity index is 53.0. The van der Waals surface area contributed by atoms with Crippen molar-refractivity contribution in [2.45, 2.75) is 0 Å². The fourth-order valence-electron chi connectivity index (χ4n) is 0. The molecule has 0 aliphatic carbocycles. The molecular formula is CuI2KO8+2. The van der Waals surface area contributed by atoms with Crippen LogP contribution in [0, 0.1) is 0 Å². The zero-order valence-corrected chi connectivity index (χ0v) is 13.7. The Morgan fingerprint density at radius 2 is 0.833 bits per heavy atom. The standard InChI is InChI=1S/Cu.2HIO4.K/c;2*2-1(3)5-4;/h;2*4H;/q+3;;;+1/p-2. The third-order valence-corrected chi connectivity index (χ3v) is 0.690. The zero-order valence-electron chi connectivity index (χ0n) is 5.32. The molecule has 12 heteroatoms. The van der Waals surface area contributed by atoms with Gasteiger partial charge in [0.05, 0.1) is 0 Å². The molecule has 0 aromatic rings. The predicted molar refractivity (Wildman–Crippen MR) is 2.17 cm³/mol. The van der Waals surface area contributed by atoms with Crippen molar-refractivity contribution >= 4 is 0 Å². The Morgan fingerprint density at radius 1 is 0.750 bits per heavy atom. The average Bonchev–Trinajstić information content (AvgIpc) is 1.89. The van der Waals surface area contributed by atoms with Crippen molar-refractivity contribution in [3.05, 3.63) is 0 Å². The van der Waals surface area contributed by atoms with E-state index in [9.17, 15) is 0 Å². The van der Waals surface area contributed by atoms with E-state index in [4.69, 9.17) is 24.3 Å². The van der Waals surface area contributed by atoms with Gasteiger partial charge in [-0.3, -0.25) is 0 Å². The predicted octanol–water partition coefficient (Wildman–Crippen LogP) is -16.3. The maximum absolute atomic E-state index is 8.96. The largest absolute Gasteiger partial charge is 3.00 e. The van der Waals surface area contributed by atoms with Gasteiger partial charge in [-0.25, -0.2) is 0 Å².